The fraction of sp³-hybridized carbons (Fsp3) is 0.120. The molecule has 33 heavy (non-hydrogen) atoms. The highest BCUT2D eigenvalue weighted by Gasteiger charge is 2.13. The fourth-order valence-electron chi connectivity index (χ4n) is 3.21. The lowest BCUT2D eigenvalue weighted by Crippen LogP contribution is -2.03. The first-order chi connectivity index (χ1) is 16.1. The highest BCUT2D eigenvalue weighted by atomic mass is 32.2. The minimum Gasteiger partial charge on any atom is -0.488 e. The molecule has 0 spiro atoms. The molecule has 1 heterocycles. The van der Waals surface area contributed by atoms with Crippen molar-refractivity contribution >= 4 is 23.4 Å². The number of ether oxygens (including phenoxy) is 1. The van der Waals surface area contributed by atoms with Gasteiger partial charge in [-0.05, 0) is 53.8 Å². The molecule has 0 fully saturated rings. The molecule has 0 aliphatic rings. The Morgan fingerprint density at radius 3 is 2.73 bits per heavy atom. The molecule has 0 radical (unpaired) electrons. The molecule has 0 aliphatic heterocycles. The Morgan fingerprint density at radius 2 is 1.88 bits per heavy atom. The van der Waals surface area contributed by atoms with Crippen molar-refractivity contribution in [3.8, 4) is 23.2 Å². The second-order valence-electron chi connectivity index (χ2n) is 7.13. The van der Waals surface area contributed by atoms with Gasteiger partial charge in [0.1, 0.15) is 24.5 Å². The molecule has 6 nitrogen and oxygen atoms in total. The first-order valence-corrected chi connectivity index (χ1v) is 11.5. The number of nitrogens with zero attached hydrogens (tertiary/aromatic N) is 4. The summed E-state index contributed by atoms with van der Waals surface area (Å²) >= 11 is 1.75. The van der Waals surface area contributed by atoms with Gasteiger partial charge in [0.05, 0.1) is 17.2 Å². The van der Waals surface area contributed by atoms with Gasteiger partial charge >= 0.3 is 0 Å². The van der Waals surface area contributed by atoms with Gasteiger partial charge in [-0.1, -0.05) is 24.3 Å². The van der Waals surface area contributed by atoms with Crippen LogP contribution in [0.4, 0.5) is 16.0 Å². The van der Waals surface area contributed by atoms with Crippen molar-refractivity contribution in [2.45, 2.75) is 12.4 Å². The average molecular weight is 458 g/mol. The summed E-state index contributed by atoms with van der Waals surface area (Å²) in [6.07, 6.45) is 3.46. The van der Waals surface area contributed by atoms with Gasteiger partial charge in [0, 0.05) is 17.5 Å². The number of benzene rings is 3. The van der Waals surface area contributed by atoms with Crippen molar-refractivity contribution in [3.05, 3.63) is 95.6 Å². The molecule has 0 atom stereocenters. The fourth-order valence-corrected chi connectivity index (χ4v) is 3.73. The van der Waals surface area contributed by atoms with E-state index in [9.17, 15) is 4.39 Å². The second kappa shape index (κ2) is 10.6. The number of anilines is 2. The van der Waals surface area contributed by atoms with E-state index in [1.807, 2.05) is 24.3 Å². The molecule has 3 aromatic carbocycles. The summed E-state index contributed by atoms with van der Waals surface area (Å²) in [6.45, 7) is 0.171. The lowest BCUT2D eigenvalue weighted by molar-refractivity contribution is 0.305. The SMILES string of the molecule is CSCc1cccc(Nc2ncnc(-c3ccc(F)cc3OCc3cccc(C#N)c3)n2)c1. The minimum absolute atomic E-state index is 0.171. The Kier molecular flexibility index (Phi) is 7.12. The normalized spacial score (nSPS) is 10.5. The van der Waals surface area contributed by atoms with Crippen LogP contribution in [0.1, 0.15) is 16.7 Å². The van der Waals surface area contributed by atoms with E-state index in [1.54, 1.807) is 36.0 Å². The van der Waals surface area contributed by atoms with Crippen LogP contribution in [0.2, 0.25) is 0 Å². The smallest absolute Gasteiger partial charge is 0.230 e. The molecule has 1 aromatic heterocycles. The van der Waals surface area contributed by atoms with Gasteiger partial charge < -0.3 is 10.1 Å². The zero-order valence-corrected chi connectivity index (χ0v) is 18.6. The van der Waals surface area contributed by atoms with Crippen molar-refractivity contribution < 1.29 is 9.13 Å². The molecule has 0 saturated heterocycles. The highest BCUT2D eigenvalue weighted by molar-refractivity contribution is 7.97. The van der Waals surface area contributed by atoms with Crippen LogP contribution < -0.4 is 10.1 Å². The van der Waals surface area contributed by atoms with Crippen LogP contribution >= 0.6 is 11.8 Å². The van der Waals surface area contributed by atoms with Crippen LogP contribution in [0, 0.1) is 17.1 Å². The second-order valence-corrected chi connectivity index (χ2v) is 8.00. The molecule has 4 aromatic rings. The Morgan fingerprint density at radius 1 is 1.03 bits per heavy atom. The molecule has 0 aliphatic carbocycles. The molecular weight excluding hydrogens is 437 g/mol. The summed E-state index contributed by atoms with van der Waals surface area (Å²) in [6, 6.07) is 21.4. The molecule has 4 rings (SSSR count). The predicted molar refractivity (Wildman–Crippen MR) is 128 cm³/mol. The maximum atomic E-state index is 14.0. The van der Waals surface area contributed by atoms with Gasteiger partial charge in [0.2, 0.25) is 5.95 Å². The molecule has 0 unspecified atom stereocenters. The number of hydrogen-bond acceptors (Lipinski definition) is 7. The third kappa shape index (κ3) is 5.84. The van der Waals surface area contributed by atoms with Crippen LogP contribution in [-0.2, 0) is 12.4 Å². The van der Waals surface area contributed by atoms with Crippen molar-refractivity contribution in [1.82, 2.24) is 15.0 Å². The average Bonchev–Trinajstić information content (AvgIpc) is 2.83. The largest absolute Gasteiger partial charge is 0.488 e. The zero-order chi connectivity index (χ0) is 23.0. The number of thioether (sulfide) groups is 1. The van der Waals surface area contributed by atoms with Gasteiger partial charge in [-0.3, -0.25) is 0 Å². The maximum absolute atomic E-state index is 14.0. The lowest BCUT2D eigenvalue weighted by atomic mass is 10.1. The first-order valence-electron chi connectivity index (χ1n) is 10.1. The monoisotopic (exact) mass is 457 g/mol. The number of halogens is 1. The van der Waals surface area contributed by atoms with E-state index >= 15 is 0 Å². The quantitative estimate of drug-likeness (QED) is 0.361. The molecule has 8 heteroatoms. The summed E-state index contributed by atoms with van der Waals surface area (Å²) in [7, 11) is 0. The Balaban J connectivity index is 1.57. The Labute approximate surface area is 195 Å². The number of hydrogen-bond donors (Lipinski definition) is 1. The maximum Gasteiger partial charge on any atom is 0.230 e. The van der Waals surface area contributed by atoms with Crippen LogP contribution in [0.15, 0.2) is 73.1 Å². The number of rotatable bonds is 8. The molecule has 164 valence electrons. The van der Waals surface area contributed by atoms with E-state index < -0.39 is 5.82 Å². The van der Waals surface area contributed by atoms with Gasteiger partial charge in [-0.2, -0.15) is 22.0 Å². The van der Waals surface area contributed by atoms with Crippen LogP contribution in [0.25, 0.3) is 11.4 Å². The summed E-state index contributed by atoms with van der Waals surface area (Å²) < 4.78 is 19.9. The Hall–Kier alpha value is -3.96. The predicted octanol–water partition coefficient (Wildman–Crippen LogP) is 5.73. The van der Waals surface area contributed by atoms with Gasteiger partial charge in [-0.25, -0.2) is 14.4 Å². The standard InChI is InChI=1S/C25H20FN5OS/c1-33-15-19-6-3-7-21(11-19)30-25-29-16-28-24(31-25)22-9-8-20(26)12-23(22)32-14-18-5-2-4-17(10-18)13-27/h2-12,16H,14-15H2,1H3,(H,28,29,30,31). The van der Waals surface area contributed by atoms with E-state index in [4.69, 9.17) is 10.00 Å². The molecular formula is C25H20FN5OS. The van der Waals surface area contributed by atoms with E-state index in [0.29, 0.717) is 28.6 Å². The number of nitrogens with one attached hydrogen (secondary N) is 1. The lowest BCUT2D eigenvalue weighted by Gasteiger charge is -2.12. The van der Waals surface area contributed by atoms with Gasteiger partial charge in [0.25, 0.3) is 0 Å². The topological polar surface area (TPSA) is 83.7 Å². The molecule has 0 saturated carbocycles. The van der Waals surface area contributed by atoms with E-state index in [2.05, 4.69) is 38.7 Å². The van der Waals surface area contributed by atoms with E-state index in [1.165, 1.54) is 24.0 Å². The van der Waals surface area contributed by atoms with Crippen molar-refractivity contribution in [1.29, 1.82) is 5.26 Å². The summed E-state index contributed by atoms with van der Waals surface area (Å²) in [5, 5.41) is 12.3. The van der Waals surface area contributed by atoms with Crippen LogP contribution in [0.3, 0.4) is 0 Å². The van der Waals surface area contributed by atoms with Gasteiger partial charge in [0.15, 0.2) is 5.82 Å². The zero-order valence-electron chi connectivity index (χ0n) is 17.8. The number of aromatic nitrogens is 3. The van der Waals surface area contributed by atoms with Gasteiger partial charge in [-0.15, -0.1) is 0 Å². The van der Waals surface area contributed by atoms with Crippen molar-refractivity contribution in [2.24, 2.45) is 0 Å². The van der Waals surface area contributed by atoms with E-state index in [-0.39, 0.29) is 6.61 Å². The van der Waals surface area contributed by atoms with Crippen LogP contribution in [0.5, 0.6) is 5.75 Å². The summed E-state index contributed by atoms with van der Waals surface area (Å²) in [5.74, 6) is 1.51. The Bertz CT molecular complexity index is 1310. The van der Waals surface area contributed by atoms with E-state index in [0.717, 1.165) is 17.0 Å². The molecule has 0 amide bonds. The summed E-state index contributed by atoms with van der Waals surface area (Å²) in [5.41, 5.74) is 3.93. The first kappa shape index (κ1) is 22.2. The third-order valence-corrected chi connectivity index (χ3v) is 5.32. The van der Waals surface area contributed by atoms with Crippen molar-refractivity contribution in [2.75, 3.05) is 11.6 Å². The number of nitriles is 1. The molecule has 1 N–H and O–H groups in total. The van der Waals surface area contributed by atoms with Crippen LogP contribution in [-0.4, -0.2) is 21.2 Å². The van der Waals surface area contributed by atoms with Crippen molar-refractivity contribution in [3.63, 3.8) is 0 Å². The third-order valence-electron chi connectivity index (χ3n) is 4.70. The minimum atomic E-state index is -0.433. The highest BCUT2D eigenvalue weighted by Crippen LogP contribution is 2.30. The summed E-state index contributed by atoms with van der Waals surface area (Å²) in [4.78, 5) is 13.0. The molecule has 0 bridgehead atoms.